The van der Waals surface area contributed by atoms with E-state index in [1.807, 2.05) is 13.0 Å². The van der Waals surface area contributed by atoms with Crippen LogP contribution in [-0.4, -0.2) is 59.6 Å². The summed E-state index contributed by atoms with van der Waals surface area (Å²) in [6.45, 7) is 10.5. The number of hydrogen-bond donors (Lipinski definition) is 2. The van der Waals surface area contributed by atoms with Gasteiger partial charge < -0.3 is 10.1 Å². The second-order valence-electron chi connectivity index (χ2n) is 6.28. The number of nitrogens with zero attached hydrogens (tertiary/aromatic N) is 3. The molecule has 1 aliphatic rings. The molecule has 7 heteroatoms. The Bertz CT molecular complexity index is 500. The summed E-state index contributed by atoms with van der Waals surface area (Å²) in [4.78, 5) is 14.3. The van der Waals surface area contributed by atoms with Gasteiger partial charge in [-0.15, -0.1) is 0 Å². The van der Waals surface area contributed by atoms with Gasteiger partial charge in [-0.3, -0.25) is 14.9 Å². The second kappa shape index (κ2) is 7.60. The van der Waals surface area contributed by atoms with Gasteiger partial charge in [-0.2, -0.15) is 5.10 Å². The normalized spacial score (nSPS) is 19.4. The molecule has 2 amide bonds. The highest BCUT2D eigenvalue weighted by Gasteiger charge is 2.21. The van der Waals surface area contributed by atoms with Crippen LogP contribution in [0.3, 0.4) is 0 Å². The molecule has 124 valence electrons. The Morgan fingerprint density at radius 2 is 2.32 bits per heavy atom. The maximum atomic E-state index is 11.9. The number of morpholine rings is 1. The second-order valence-corrected chi connectivity index (χ2v) is 6.28. The van der Waals surface area contributed by atoms with Gasteiger partial charge in [0.2, 0.25) is 0 Å². The van der Waals surface area contributed by atoms with Crippen LogP contribution in [0, 0.1) is 12.8 Å². The molecule has 0 spiro atoms. The number of carbonyl (C=O) groups excluding carboxylic acids is 1. The summed E-state index contributed by atoms with van der Waals surface area (Å²) in [6.07, 6.45) is 0.0477. The highest BCUT2D eigenvalue weighted by atomic mass is 16.5. The van der Waals surface area contributed by atoms with Crippen LogP contribution in [-0.2, 0) is 11.8 Å². The van der Waals surface area contributed by atoms with Crippen LogP contribution in [0.4, 0.5) is 10.6 Å². The number of rotatable bonds is 5. The fourth-order valence-corrected chi connectivity index (χ4v) is 2.68. The Morgan fingerprint density at radius 1 is 1.55 bits per heavy atom. The molecule has 1 atom stereocenters. The van der Waals surface area contributed by atoms with Gasteiger partial charge in [0.05, 0.1) is 18.4 Å². The monoisotopic (exact) mass is 309 g/mol. The van der Waals surface area contributed by atoms with Crippen molar-refractivity contribution in [2.75, 3.05) is 38.1 Å². The predicted octanol–water partition coefficient (Wildman–Crippen LogP) is 1.21. The van der Waals surface area contributed by atoms with Crippen molar-refractivity contribution in [1.29, 1.82) is 0 Å². The summed E-state index contributed by atoms with van der Waals surface area (Å²) in [7, 11) is 1.80. The maximum Gasteiger partial charge on any atom is 0.320 e. The zero-order chi connectivity index (χ0) is 16.1. The molecule has 22 heavy (non-hydrogen) atoms. The number of urea groups is 1. The number of carbonyl (C=O) groups is 1. The molecule has 2 N–H and O–H groups in total. The first-order valence-corrected chi connectivity index (χ1v) is 7.83. The highest BCUT2D eigenvalue weighted by molar-refractivity contribution is 5.88. The molecule has 2 heterocycles. The van der Waals surface area contributed by atoms with E-state index in [1.165, 1.54) is 0 Å². The maximum absolute atomic E-state index is 11.9. The van der Waals surface area contributed by atoms with E-state index in [2.05, 4.69) is 34.5 Å². The fourth-order valence-electron chi connectivity index (χ4n) is 2.68. The first-order chi connectivity index (χ1) is 10.4. The summed E-state index contributed by atoms with van der Waals surface area (Å²) < 4.78 is 7.37. The van der Waals surface area contributed by atoms with Crippen LogP contribution in [0.5, 0.6) is 0 Å². The van der Waals surface area contributed by atoms with Gasteiger partial charge in [-0.25, -0.2) is 4.79 Å². The van der Waals surface area contributed by atoms with E-state index in [9.17, 15) is 4.79 Å². The zero-order valence-electron chi connectivity index (χ0n) is 13.9. The fraction of sp³-hybridized carbons (Fsp3) is 0.733. The zero-order valence-corrected chi connectivity index (χ0v) is 13.9. The van der Waals surface area contributed by atoms with Crippen molar-refractivity contribution < 1.29 is 9.53 Å². The van der Waals surface area contributed by atoms with E-state index < -0.39 is 0 Å². The minimum Gasteiger partial charge on any atom is -0.374 e. The third-order valence-electron chi connectivity index (χ3n) is 3.58. The van der Waals surface area contributed by atoms with Crippen molar-refractivity contribution in [1.82, 2.24) is 20.0 Å². The van der Waals surface area contributed by atoms with E-state index in [0.29, 0.717) is 18.3 Å². The molecule has 1 aromatic rings. The molecule has 1 fully saturated rings. The molecule has 0 saturated carbocycles. The van der Waals surface area contributed by atoms with E-state index >= 15 is 0 Å². The Hall–Kier alpha value is -1.60. The first-order valence-electron chi connectivity index (χ1n) is 7.83. The minimum atomic E-state index is -0.229. The molecule has 2 rings (SSSR count). The lowest BCUT2D eigenvalue weighted by molar-refractivity contribution is -0.0288. The van der Waals surface area contributed by atoms with Crippen molar-refractivity contribution in [3.63, 3.8) is 0 Å². The number of anilines is 1. The standard InChI is InChI=1S/C15H27N5O2/c1-11(2)9-20-5-6-22-13(10-20)8-16-15(21)17-14-7-12(3)18-19(14)4/h7,11,13H,5-6,8-10H2,1-4H3,(H2,16,17,21). The van der Waals surface area contributed by atoms with Crippen molar-refractivity contribution in [3.05, 3.63) is 11.8 Å². The molecule has 1 aromatic heterocycles. The number of aromatic nitrogens is 2. The van der Waals surface area contributed by atoms with Crippen LogP contribution < -0.4 is 10.6 Å². The Balaban J connectivity index is 1.75. The topological polar surface area (TPSA) is 71.4 Å². The molecule has 0 radical (unpaired) electrons. The third kappa shape index (κ3) is 4.99. The summed E-state index contributed by atoms with van der Waals surface area (Å²) in [5.41, 5.74) is 0.873. The number of hydrogen-bond acceptors (Lipinski definition) is 4. The predicted molar refractivity (Wildman–Crippen MR) is 86.0 cm³/mol. The third-order valence-corrected chi connectivity index (χ3v) is 3.58. The Labute approximate surface area is 132 Å². The van der Waals surface area contributed by atoms with E-state index in [-0.39, 0.29) is 12.1 Å². The summed E-state index contributed by atoms with van der Waals surface area (Å²) in [5.74, 6) is 1.32. The highest BCUT2D eigenvalue weighted by Crippen LogP contribution is 2.09. The van der Waals surface area contributed by atoms with Gasteiger partial charge in [-0.1, -0.05) is 13.8 Å². The average molecular weight is 309 g/mol. The summed E-state index contributed by atoms with van der Waals surface area (Å²) in [6, 6.07) is 1.61. The van der Waals surface area contributed by atoms with Gasteiger partial charge in [0, 0.05) is 39.3 Å². The van der Waals surface area contributed by atoms with E-state index in [4.69, 9.17) is 4.74 Å². The van der Waals surface area contributed by atoms with Gasteiger partial charge in [-0.05, 0) is 12.8 Å². The van der Waals surface area contributed by atoms with Crippen LogP contribution >= 0.6 is 0 Å². The molecule has 1 aliphatic heterocycles. The van der Waals surface area contributed by atoms with Crippen LogP contribution in [0.25, 0.3) is 0 Å². The van der Waals surface area contributed by atoms with Gasteiger partial charge >= 0.3 is 6.03 Å². The van der Waals surface area contributed by atoms with Crippen LogP contribution in [0.15, 0.2) is 6.07 Å². The molecule has 0 aliphatic carbocycles. The minimum absolute atomic E-state index is 0.0477. The number of amides is 2. The molecule has 1 saturated heterocycles. The largest absolute Gasteiger partial charge is 0.374 e. The Kier molecular flexibility index (Phi) is 5.79. The quantitative estimate of drug-likeness (QED) is 0.857. The number of nitrogens with one attached hydrogen (secondary N) is 2. The average Bonchev–Trinajstić information content (AvgIpc) is 2.74. The van der Waals surface area contributed by atoms with Gasteiger partial charge in [0.25, 0.3) is 0 Å². The molecule has 0 bridgehead atoms. The molecular weight excluding hydrogens is 282 g/mol. The first kappa shape index (κ1) is 16.8. The number of aryl methyl sites for hydroxylation is 2. The van der Waals surface area contributed by atoms with Crippen molar-refractivity contribution >= 4 is 11.8 Å². The lowest BCUT2D eigenvalue weighted by atomic mass is 10.2. The lowest BCUT2D eigenvalue weighted by Gasteiger charge is -2.33. The van der Waals surface area contributed by atoms with E-state index in [1.54, 1.807) is 11.7 Å². The Morgan fingerprint density at radius 3 is 2.95 bits per heavy atom. The van der Waals surface area contributed by atoms with Crippen molar-refractivity contribution in [2.24, 2.45) is 13.0 Å². The molecule has 0 aromatic carbocycles. The molecular formula is C15H27N5O2. The van der Waals surface area contributed by atoms with Crippen molar-refractivity contribution in [3.8, 4) is 0 Å². The van der Waals surface area contributed by atoms with Crippen LogP contribution in [0.1, 0.15) is 19.5 Å². The summed E-state index contributed by atoms with van der Waals surface area (Å²) in [5, 5.41) is 9.86. The van der Waals surface area contributed by atoms with Gasteiger partial charge in [0.1, 0.15) is 5.82 Å². The van der Waals surface area contributed by atoms with Crippen molar-refractivity contribution in [2.45, 2.75) is 26.9 Å². The SMILES string of the molecule is Cc1cc(NC(=O)NCC2CN(CC(C)C)CCO2)n(C)n1. The number of ether oxygens (including phenoxy) is 1. The van der Waals surface area contributed by atoms with Gasteiger partial charge in [0.15, 0.2) is 0 Å². The molecule has 7 nitrogen and oxygen atoms in total. The lowest BCUT2D eigenvalue weighted by Crippen LogP contribution is -2.48. The van der Waals surface area contributed by atoms with Crippen LogP contribution in [0.2, 0.25) is 0 Å². The smallest absolute Gasteiger partial charge is 0.320 e. The van der Waals surface area contributed by atoms with E-state index in [0.717, 1.165) is 31.9 Å². The summed E-state index contributed by atoms with van der Waals surface area (Å²) >= 11 is 0. The molecule has 1 unspecified atom stereocenters.